The Bertz CT molecular complexity index is 877. The lowest BCUT2D eigenvalue weighted by Gasteiger charge is -2.16. The highest BCUT2D eigenvalue weighted by Gasteiger charge is 2.20. The molecule has 0 fully saturated rings. The molecule has 7 heteroatoms. The monoisotopic (exact) mass is 357 g/mol. The van der Waals surface area contributed by atoms with Crippen LogP contribution in [0.15, 0.2) is 52.9 Å². The van der Waals surface area contributed by atoms with Crippen molar-refractivity contribution in [2.45, 2.75) is 19.4 Å². The minimum Gasteiger partial charge on any atom is -0.441 e. The molecule has 1 atom stereocenters. The summed E-state index contributed by atoms with van der Waals surface area (Å²) in [6, 6.07) is 15.1. The van der Waals surface area contributed by atoms with E-state index in [1.165, 1.54) is 0 Å². The van der Waals surface area contributed by atoms with Crippen LogP contribution in [0.4, 0.5) is 4.79 Å². The molecule has 3 aromatic rings. The van der Waals surface area contributed by atoms with E-state index in [2.05, 4.69) is 10.2 Å². The number of halogens is 1. The van der Waals surface area contributed by atoms with Crippen molar-refractivity contribution in [1.29, 1.82) is 0 Å². The number of nitrogens with zero attached hydrogens (tertiary/aromatic N) is 2. The summed E-state index contributed by atoms with van der Waals surface area (Å²) in [4.78, 5) is 11.3. The van der Waals surface area contributed by atoms with E-state index in [1.807, 2.05) is 48.5 Å². The summed E-state index contributed by atoms with van der Waals surface area (Å²) in [7, 11) is 0. The zero-order chi connectivity index (χ0) is 17.8. The number of amides is 1. The zero-order valence-electron chi connectivity index (χ0n) is 13.5. The Hall–Kier alpha value is -2.86. The third-order valence-corrected chi connectivity index (χ3v) is 3.87. The van der Waals surface area contributed by atoms with Crippen LogP contribution in [0, 0.1) is 6.92 Å². The Morgan fingerprint density at radius 2 is 1.96 bits per heavy atom. The fourth-order valence-corrected chi connectivity index (χ4v) is 2.63. The summed E-state index contributed by atoms with van der Waals surface area (Å²) < 4.78 is 10.6. The number of benzene rings is 2. The van der Waals surface area contributed by atoms with Crippen LogP contribution in [0.2, 0.25) is 5.02 Å². The second-order valence-corrected chi connectivity index (χ2v) is 5.91. The molecule has 128 valence electrons. The van der Waals surface area contributed by atoms with Crippen molar-refractivity contribution in [2.24, 2.45) is 5.73 Å². The van der Waals surface area contributed by atoms with Gasteiger partial charge in [-0.1, -0.05) is 41.9 Å². The Balaban J connectivity index is 1.91. The Morgan fingerprint density at radius 3 is 2.60 bits per heavy atom. The number of ether oxygens (including phenoxy) is 1. The molecule has 6 nitrogen and oxygen atoms in total. The van der Waals surface area contributed by atoms with Crippen molar-refractivity contribution in [3.63, 3.8) is 0 Å². The molecule has 0 saturated carbocycles. The van der Waals surface area contributed by atoms with Gasteiger partial charge in [-0.05, 0) is 34.9 Å². The number of hydrogen-bond acceptors (Lipinski definition) is 5. The quantitative estimate of drug-likeness (QED) is 0.742. The molecule has 0 saturated heterocycles. The van der Waals surface area contributed by atoms with E-state index < -0.39 is 12.2 Å². The Kier molecular flexibility index (Phi) is 5.00. The highest BCUT2D eigenvalue weighted by molar-refractivity contribution is 6.30. The van der Waals surface area contributed by atoms with Gasteiger partial charge in [0.2, 0.25) is 11.8 Å². The number of rotatable bonds is 5. The molecule has 1 aromatic heterocycles. The molecule has 2 N–H and O–H groups in total. The average molecular weight is 358 g/mol. The van der Waals surface area contributed by atoms with Gasteiger partial charge in [0, 0.05) is 11.9 Å². The maximum absolute atomic E-state index is 11.3. The number of primary amides is 1. The molecule has 3 rings (SSSR count). The fourth-order valence-electron chi connectivity index (χ4n) is 2.51. The molecule has 0 bridgehead atoms. The predicted octanol–water partition coefficient (Wildman–Crippen LogP) is 4.08. The molecule has 2 aromatic carbocycles. The lowest BCUT2D eigenvalue weighted by molar-refractivity contribution is 0.102. The van der Waals surface area contributed by atoms with Crippen molar-refractivity contribution in [3.8, 4) is 11.1 Å². The van der Waals surface area contributed by atoms with E-state index in [4.69, 9.17) is 26.5 Å². The molecule has 25 heavy (non-hydrogen) atoms. The largest absolute Gasteiger partial charge is 0.441 e. The number of carbonyl (C=O) groups excluding carboxylic acids is 1. The maximum atomic E-state index is 11.3. The topological polar surface area (TPSA) is 91.2 Å². The van der Waals surface area contributed by atoms with Crippen molar-refractivity contribution < 1.29 is 13.9 Å². The maximum Gasteiger partial charge on any atom is 0.405 e. The van der Waals surface area contributed by atoms with Gasteiger partial charge in [-0.2, -0.15) is 0 Å². The predicted molar refractivity (Wildman–Crippen MR) is 93.0 cm³/mol. The van der Waals surface area contributed by atoms with Crippen molar-refractivity contribution in [1.82, 2.24) is 10.2 Å². The number of carbonyl (C=O) groups is 1. The number of aryl methyl sites for hydroxylation is 1. The van der Waals surface area contributed by atoms with Crippen molar-refractivity contribution >= 4 is 17.7 Å². The Labute approximate surface area is 149 Å². The molecule has 0 aliphatic rings. The second kappa shape index (κ2) is 7.36. The Morgan fingerprint density at radius 1 is 1.20 bits per heavy atom. The average Bonchev–Trinajstić information content (AvgIpc) is 3.00. The van der Waals surface area contributed by atoms with Crippen LogP contribution in [0.5, 0.6) is 0 Å². The first-order valence-electron chi connectivity index (χ1n) is 7.62. The molecule has 1 unspecified atom stereocenters. The van der Waals surface area contributed by atoms with E-state index in [0.29, 0.717) is 16.8 Å². The minimum absolute atomic E-state index is 0.244. The normalized spacial score (nSPS) is 11.9. The van der Waals surface area contributed by atoms with Crippen LogP contribution in [0.3, 0.4) is 0 Å². The van der Waals surface area contributed by atoms with Crippen LogP contribution in [0.25, 0.3) is 11.1 Å². The van der Waals surface area contributed by atoms with Gasteiger partial charge < -0.3 is 14.9 Å². The van der Waals surface area contributed by atoms with Gasteiger partial charge in [0.1, 0.15) is 6.10 Å². The zero-order valence-corrected chi connectivity index (χ0v) is 14.2. The van der Waals surface area contributed by atoms with Crippen LogP contribution in [0.1, 0.15) is 23.4 Å². The third-order valence-electron chi connectivity index (χ3n) is 3.62. The first-order chi connectivity index (χ1) is 12.0. The van der Waals surface area contributed by atoms with Crippen LogP contribution in [-0.4, -0.2) is 16.3 Å². The number of aromatic nitrogens is 2. The SMILES string of the molecule is Cc1nnc(CC(OC(N)=O)c2cccc(-c3ccc(Cl)cc3)c2)o1. The molecule has 0 radical (unpaired) electrons. The van der Waals surface area contributed by atoms with Gasteiger partial charge in [-0.3, -0.25) is 0 Å². The standard InChI is InChI=1S/C18H16ClN3O3/c1-11-21-22-17(24-11)10-16(25-18(20)23)14-4-2-3-13(9-14)12-5-7-15(19)8-6-12/h2-9,16H,10H2,1H3,(H2,20,23). The summed E-state index contributed by atoms with van der Waals surface area (Å²) in [5, 5.41) is 8.40. The van der Waals surface area contributed by atoms with Crippen molar-refractivity contribution in [3.05, 3.63) is 70.9 Å². The van der Waals surface area contributed by atoms with Crippen LogP contribution in [-0.2, 0) is 11.2 Å². The number of hydrogen-bond donors (Lipinski definition) is 1. The lowest BCUT2D eigenvalue weighted by atomic mass is 9.99. The van der Waals surface area contributed by atoms with E-state index in [-0.39, 0.29) is 6.42 Å². The molecule has 0 aliphatic carbocycles. The highest BCUT2D eigenvalue weighted by atomic mass is 35.5. The van der Waals surface area contributed by atoms with Gasteiger partial charge in [-0.25, -0.2) is 4.79 Å². The lowest BCUT2D eigenvalue weighted by Crippen LogP contribution is -2.19. The summed E-state index contributed by atoms with van der Waals surface area (Å²) in [6.07, 6.45) is -1.24. The van der Waals surface area contributed by atoms with Gasteiger partial charge in [0.05, 0.1) is 6.42 Å². The van der Waals surface area contributed by atoms with Gasteiger partial charge in [0.15, 0.2) is 0 Å². The highest BCUT2D eigenvalue weighted by Crippen LogP contribution is 2.28. The molecule has 1 heterocycles. The second-order valence-electron chi connectivity index (χ2n) is 5.48. The van der Waals surface area contributed by atoms with Gasteiger partial charge in [-0.15, -0.1) is 10.2 Å². The smallest absolute Gasteiger partial charge is 0.405 e. The molecular formula is C18H16ClN3O3. The summed E-state index contributed by atoms with van der Waals surface area (Å²) >= 11 is 5.94. The minimum atomic E-state index is -0.863. The van der Waals surface area contributed by atoms with E-state index >= 15 is 0 Å². The van der Waals surface area contributed by atoms with Crippen LogP contribution >= 0.6 is 11.6 Å². The van der Waals surface area contributed by atoms with Gasteiger partial charge in [0.25, 0.3) is 0 Å². The molecule has 0 aliphatic heterocycles. The van der Waals surface area contributed by atoms with Gasteiger partial charge >= 0.3 is 6.09 Å². The first-order valence-corrected chi connectivity index (χ1v) is 8.00. The van der Waals surface area contributed by atoms with E-state index in [9.17, 15) is 4.79 Å². The molecule has 1 amide bonds. The summed E-state index contributed by atoms with van der Waals surface area (Å²) in [5.41, 5.74) is 7.96. The van der Waals surface area contributed by atoms with E-state index in [0.717, 1.165) is 16.7 Å². The molecule has 0 spiro atoms. The third kappa shape index (κ3) is 4.36. The summed E-state index contributed by atoms with van der Waals surface area (Å²) in [5.74, 6) is 0.823. The number of nitrogens with two attached hydrogens (primary N) is 1. The van der Waals surface area contributed by atoms with E-state index in [1.54, 1.807) is 6.92 Å². The first kappa shape index (κ1) is 17.0. The van der Waals surface area contributed by atoms with Crippen molar-refractivity contribution in [2.75, 3.05) is 0 Å². The van der Waals surface area contributed by atoms with Crippen LogP contribution < -0.4 is 5.73 Å². The molecular weight excluding hydrogens is 342 g/mol. The fraction of sp³-hybridized carbons (Fsp3) is 0.167. The summed E-state index contributed by atoms with van der Waals surface area (Å²) in [6.45, 7) is 1.70.